The summed E-state index contributed by atoms with van der Waals surface area (Å²) in [5.74, 6) is -0.582. The number of nitrogens with one attached hydrogen (secondary N) is 2. The van der Waals surface area contributed by atoms with Gasteiger partial charge in [0.1, 0.15) is 0 Å². The Labute approximate surface area is 176 Å². The van der Waals surface area contributed by atoms with E-state index in [1.807, 2.05) is 5.38 Å². The fourth-order valence-electron chi connectivity index (χ4n) is 2.33. The van der Waals surface area contributed by atoms with Crippen molar-refractivity contribution >= 4 is 57.8 Å². The third-order valence-corrected chi connectivity index (χ3v) is 5.22. The van der Waals surface area contributed by atoms with Gasteiger partial charge in [-0.1, -0.05) is 41.4 Å². The molecule has 5 nitrogen and oxygen atoms in total. The zero-order valence-corrected chi connectivity index (χ0v) is 17.0. The average molecular weight is 432 g/mol. The lowest BCUT2D eigenvalue weighted by Crippen LogP contribution is -2.18. The highest BCUT2D eigenvalue weighted by molar-refractivity contribution is 7.12. The van der Waals surface area contributed by atoms with Crippen LogP contribution in [0.3, 0.4) is 0 Å². The molecule has 0 bridgehead atoms. The molecule has 3 aromatic rings. The second-order valence-electron chi connectivity index (χ2n) is 5.77. The van der Waals surface area contributed by atoms with Crippen LogP contribution in [0.5, 0.6) is 0 Å². The minimum Gasteiger partial charge on any atom is -0.322 e. The van der Waals surface area contributed by atoms with Crippen LogP contribution < -0.4 is 10.7 Å². The van der Waals surface area contributed by atoms with E-state index in [0.29, 0.717) is 26.9 Å². The fraction of sp³-hybridized carbons (Fsp3) is 0.0500. The van der Waals surface area contributed by atoms with Crippen LogP contribution in [-0.4, -0.2) is 17.5 Å². The van der Waals surface area contributed by atoms with E-state index < -0.39 is 0 Å². The van der Waals surface area contributed by atoms with Crippen molar-refractivity contribution in [3.05, 3.63) is 86.0 Å². The van der Waals surface area contributed by atoms with Crippen LogP contribution in [0.4, 0.5) is 5.69 Å². The van der Waals surface area contributed by atoms with E-state index in [1.165, 1.54) is 17.4 Å². The van der Waals surface area contributed by atoms with Crippen molar-refractivity contribution in [2.45, 2.75) is 6.92 Å². The van der Waals surface area contributed by atoms with Gasteiger partial charge in [-0.25, -0.2) is 5.43 Å². The van der Waals surface area contributed by atoms with E-state index in [0.717, 1.165) is 5.56 Å². The Kier molecular flexibility index (Phi) is 6.46. The number of carbonyl (C=O) groups is 2. The third-order valence-electron chi connectivity index (χ3n) is 3.81. The molecule has 8 heteroatoms. The molecule has 0 unspecified atom stereocenters. The SMILES string of the molecule is C/C(=N\NC(=O)c1cccs1)c1ccc(NC(=O)c2ccc(Cl)cc2Cl)cc1. The van der Waals surface area contributed by atoms with E-state index in [2.05, 4.69) is 15.8 Å². The lowest BCUT2D eigenvalue weighted by molar-refractivity contribution is 0.0958. The predicted octanol–water partition coefficient (Wildman–Crippen LogP) is 5.46. The van der Waals surface area contributed by atoms with Crippen molar-refractivity contribution in [3.8, 4) is 0 Å². The maximum absolute atomic E-state index is 12.3. The molecule has 0 aliphatic rings. The van der Waals surface area contributed by atoms with Gasteiger partial charge in [0, 0.05) is 10.7 Å². The first-order valence-corrected chi connectivity index (χ1v) is 9.82. The summed E-state index contributed by atoms with van der Waals surface area (Å²) in [6.45, 7) is 1.79. The highest BCUT2D eigenvalue weighted by Crippen LogP contribution is 2.22. The van der Waals surface area contributed by atoms with Gasteiger partial charge >= 0.3 is 0 Å². The highest BCUT2D eigenvalue weighted by atomic mass is 35.5. The summed E-state index contributed by atoms with van der Waals surface area (Å²) in [4.78, 5) is 24.9. The molecule has 2 aromatic carbocycles. The predicted molar refractivity (Wildman–Crippen MR) is 115 cm³/mol. The van der Waals surface area contributed by atoms with Gasteiger partial charge in [0.25, 0.3) is 11.8 Å². The summed E-state index contributed by atoms with van der Waals surface area (Å²) >= 11 is 13.3. The molecule has 0 aliphatic carbocycles. The molecular weight excluding hydrogens is 417 g/mol. The zero-order valence-electron chi connectivity index (χ0n) is 14.7. The first-order chi connectivity index (χ1) is 13.4. The van der Waals surface area contributed by atoms with Gasteiger partial charge in [-0.2, -0.15) is 5.10 Å². The van der Waals surface area contributed by atoms with E-state index in [1.54, 1.807) is 55.5 Å². The number of benzene rings is 2. The van der Waals surface area contributed by atoms with Gasteiger partial charge in [-0.3, -0.25) is 9.59 Å². The molecule has 0 saturated carbocycles. The zero-order chi connectivity index (χ0) is 20.1. The summed E-state index contributed by atoms with van der Waals surface area (Å²) in [6.07, 6.45) is 0. The molecule has 3 rings (SSSR count). The van der Waals surface area contributed by atoms with Gasteiger partial charge < -0.3 is 5.32 Å². The number of anilines is 1. The number of rotatable bonds is 5. The summed E-state index contributed by atoms with van der Waals surface area (Å²) in [5.41, 5.74) is 4.93. The monoisotopic (exact) mass is 431 g/mol. The number of amides is 2. The van der Waals surface area contributed by atoms with E-state index in [-0.39, 0.29) is 16.8 Å². The largest absolute Gasteiger partial charge is 0.322 e. The lowest BCUT2D eigenvalue weighted by atomic mass is 10.1. The number of hydrogen-bond donors (Lipinski definition) is 2. The summed E-state index contributed by atoms with van der Waals surface area (Å²) < 4.78 is 0. The molecule has 0 saturated heterocycles. The summed E-state index contributed by atoms with van der Waals surface area (Å²) in [5, 5.41) is 9.47. The Balaban J connectivity index is 1.64. The molecule has 0 radical (unpaired) electrons. The van der Waals surface area contributed by atoms with E-state index in [9.17, 15) is 9.59 Å². The number of halogens is 2. The van der Waals surface area contributed by atoms with Gasteiger partial charge in [0.15, 0.2) is 0 Å². The Morgan fingerprint density at radius 2 is 1.75 bits per heavy atom. The summed E-state index contributed by atoms with van der Waals surface area (Å²) in [7, 11) is 0. The molecule has 1 heterocycles. The minimum atomic E-state index is -0.331. The van der Waals surface area contributed by atoms with Gasteiger partial charge in [-0.15, -0.1) is 11.3 Å². The van der Waals surface area contributed by atoms with Crippen molar-refractivity contribution in [1.82, 2.24) is 5.43 Å². The van der Waals surface area contributed by atoms with Crippen molar-refractivity contribution in [2.75, 3.05) is 5.32 Å². The Hall–Kier alpha value is -2.67. The van der Waals surface area contributed by atoms with Crippen LogP contribution in [-0.2, 0) is 0 Å². The second kappa shape index (κ2) is 9.01. The van der Waals surface area contributed by atoms with Crippen LogP contribution in [0, 0.1) is 0 Å². The van der Waals surface area contributed by atoms with Crippen LogP contribution in [0.1, 0.15) is 32.5 Å². The van der Waals surface area contributed by atoms with E-state index >= 15 is 0 Å². The van der Waals surface area contributed by atoms with Crippen LogP contribution in [0.15, 0.2) is 65.1 Å². The van der Waals surface area contributed by atoms with Crippen molar-refractivity contribution in [2.24, 2.45) is 5.10 Å². The van der Waals surface area contributed by atoms with E-state index in [4.69, 9.17) is 23.2 Å². The number of carbonyl (C=O) groups excluding carboxylic acids is 2. The first kappa shape index (κ1) is 20.1. The maximum Gasteiger partial charge on any atom is 0.281 e. The van der Waals surface area contributed by atoms with Crippen LogP contribution in [0.2, 0.25) is 10.0 Å². The maximum atomic E-state index is 12.3. The minimum absolute atomic E-state index is 0.252. The fourth-order valence-corrected chi connectivity index (χ4v) is 3.44. The van der Waals surface area contributed by atoms with Gasteiger partial charge in [0.2, 0.25) is 0 Å². The quantitative estimate of drug-likeness (QED) is 0.415. The number of nitrogens with zero attached hydrogens (tertiary/aromatic N) is 1. The highest BCUT2D eigenvalue weighted by Gasteiger charge is 2.11. The van der Waals surface area contributed by atoms with Gasteiger partial charge in [0.05, 0.1) is 21.2 Å². The number of hydrogen-bond acceptors (Lipinski definition) is 4. The molecule has 2 amide bonds. The normalized spacial score (nSPS) is 11.2. The molecule has 0 fully saturated rings. The molecule has 2 N–H and O–H groups in total. The molecule has 142 valence electrons. The second-order valence-corrected chi connectivity index (χ2v) is 7.56. The van der Waals surface area contributed by atoms with Crippen LogP contribution >= 0.6 is 34.5 Å². The summed E-state index contributed by atoms with van der Waals surface area (Å²) in [6, 6.07) is 15.3. The molecule has 28 heavy (non-hydrogen) atoms. The molecule has 0 aliphatic heterocycles. The Morgan fingerprint density at radius 3 is 2.39 bits per heavy atom. The third kappa shape index (κ3) is 4.98. The Bertz CT molecular complexity index is 1030. The van der Waals surface area contributed by atoms with Crippen molar-refractivity contribution < 1.29 is 9.59 Å². The van der Waals surface area contributed by atoms with Crippen LogP contribution in [0.25, 0.3) is 0 Å². The average Bonchev–Trinajstić information content (AvgIpc) is 3.21. The Morgan fingerprint density at radius 1 is 1.00 bits per heavy atom. The standard InChI is InChI=1S/C20H15Cl2N3O2S/c1-12(24-25-20(27)18-3-2-10-28-18)13-4-7-15(8-5-13)23-19(26)16-9-6-14(21)11-17(16)22/h2-11H,1H3,(H,23,26)(H,25,27)/b24-12+. The number of thiophene rings is 1. The van der Waals surface area contributed by atoms with Crippen molar-refractivity contribution in [1.29, 1.82) is 0 Å². The topological polar surface area (TPSA) is 70.6 Å². The van der Waals surface area contributed by atoms with Crippen molar-refractivity contribution in [3.63, 3.8) is 0 Å². The molecular formula is C20H15Cl2N3O2S. The molecule has 0 atom stereocenters. The first-order valence-electron chi connectivity index (χ1n) is 8.19. The molecule has 0 spiro atoms. The lowest BCUT2D eigenvalue weighted by Gasteiger charge is -2.08. The smallest absolute Gasteiger partial charge is 0.281 e. The molecule has 1 aromatic heterocycles. The van der Waals surface area contributed by atoms with Gasteiger partial charge in [-0.05, 0) is 54.3 Å². The number of hydrazone groups is 1.